The third-order valence-electron chi connectivity index (χ3n) is 1.13. The van der Waals surface area contributed by atoms with Gasteiger partial charge < -0.3 is 4.84 Å². The maximum atomic E-state index is 11.1. The number of nitrogens with zero attached hydrogens (tertiary/aromatic N) is 1. The van der Waals surface area contributed by atoms with Gasteiger partial charge in [0.1, 0.15) is 7.11 Å². The highest BCUT2D eigenvalue weighted by atomic mass is 79.9. The van der Waals surface area contributed by atoms with Crippen LogP contribution in [0.25, 0.3) is 0 Å². The van der Waals surface area contributed by atoms with E-state index in [1.54, 1.807) is 12.4 Å². The van der Waals surface area contributed by atoms with Crippen LogP contribution in [0.4, 0.5) is 0 Å². The summed E-state index contributed by atoms with van der Waals surface area (Å²) < 4.78 is 2.36. The van der Waals surface area contributed by atoms with Crippen molar-refractivity contribution in [3.63, 3.8) is 0 Å². The first-order valence-electron chi connectivity index (χ1n) is 2.77. The van der Waals surface area contributed by atoms with Crippen molar-refractivity contribution in [2.45, 2.75) is 0 Å². The molecule has 0 aliphatic heterocycles. The predicted molar refractivity (Wildman–Crippen MR) is 48.6 cm³/mol. The molecule has 0 saturated carbocycles. The lowest BCUT2D eigenvalue weighted by molar-refractivity contribution is 0.164. The predicted octanol–water partition coefficient (Wildman–Crippen LogP) is 1.43. The second-order valence-electron chi connectivity index (χ2n) is 1.83. The Morgan fingerprint density at radius 2 is 1.82 bits per heavy atom. The van der Waals surface area contributed by atoms with Crippen LogP contribution in [0.15, 0.2) is 26.1 Å². The van der Waals surface area contributed by atoms with Crippen LogP contribution in [-0.2, 0) is 0 Å². The molecule has 0 aromatic carbocycles. The fourth-order valence-electron chi connectivity index (χ4n) is 0.597. The molecule has 0 atom stereocenters. The van der Waals surface area contributed by atoms with Gasteiger partial charge in [-0.15, -0.1) is 0 Å². The van der Waals surface area contributed by atoms with Crippen molar-refractivity contribution in [2.24, 2.45) is 0 Å². The number of hydrogen-bond donors (Lipinski definition) is 0. The minimum atomic E-state index is -0.0849. The number of pyridine rings is 1. The Balaban J connectivity index is 3.32. The Morgan fingerprint density at radius 1 is 1.36 bits per heavy atom. The van der Waals surface area contributed by atoms with Crippen molar-refractivity contribution < 1.29 is 4.84 Å². The minimum Gasteiger partial charge on any atom is -0.418 e. The quantitative estimate of drug-likeness (QED) is 0.780. The Morgan fingerprint density at radius 3 is 2.18 bits per heavy atom. The molecule has 0 spiro atoms. The van der Waals surface area contributed by atoms with Gasteiger partial charge in [-0.2, -0.15) is 4.73 Å². The van der Waals surface area contributed by atoms with Gasteiger partial charge in [-0.25, -0.2) is 0 Å². The van der Waals surface area contributed by atoms with E-state index in [1.807, 2.05) is 0 Å². The van der Waals surface area contributed by atoms with Gasteiger partial charge in [0.15, 0.2) is 0 Å². The van der Waals surface area contributed by atoms with E-state index >= 15 is 0 Å². The zero-order valence-corrected chi connectivity index (χ0v) is 8.85. The van der Waals surface area contributed by atoms with E-state index < -0.39 is 0 Å². The van der Waals surface area contributed by atoms with Crippen LogP contribution in [0.2, 0.25) is 0 Å². The number of rotatable bonds is 1. The van der Waals surface area contributed by atoms with E-state index in [9.17, 15) is 4.79 Å². The molecule has 0 radical (unpaired) electrons. The summed E-state index contributed by atoms with van der Waals surface area (Å²) in [6, 6.07) is 0. The molecular formula is C6H5Br2NO2. The van der Waals surface area contributed by atoms with Crippen molar-refractivity contribution in [3.05, 3.63) is 31.6 Å². The van der Waals surface area contributed by atoms with Crippen LogP contribution in [0.1, 0.15) is 0 Å². The molecule has 3 nitrogen and oxygen atoms in total. The Kier molecular flexibility index (Phi) is 2.72. The third-order valence-corrected chi connectivity index (χ3v) is 2.26. The average molecular weight is 283 g/mol. The molecule has 1 aromatic heterocycles. The molecule has 0 N–H and O–H groups in total. The molecule has 11 heavy (non-hydrogen) atoms. The molecule has 0 aliphatic rings. The van der Waals surface area contributed by atoms with E-state index in [-0.39, 0.29) is 5.43 Å². The fourth-order valence-corrected chi connectivity index (χ4v) is 1.69. The van der Waals surface area contributed by atoms with Crippen LogP contribution in [0.5, 0.6) is 0 Å². The van der Waals surface area contributed by atoms with Crippen molar-refractivity contribution in [1.29, 1.82) is 0 Å². The Hall–Kier alpha value is -0.290. The summed E-state index contributed by atoms with van der Waals surface area (Å²) >= 11 is 6.19. The maximum absolute atomic E-state index is 11.1. The summed E-state index contributed by atoms with van der Waals surface area (Å²) in [6.45, 7) is 0. The average Bonchev–Trinajstić information content (AvgIpc) is 1.99. The first-order chi connectivity index (χ1) is 5.15. The third kappa shape index (κ3) is 1.84. The molecule has 0 bridgehead atoms. The number of aromatic nitrogens is 1. The normalized spacial score (nSPS) is 9.73. The van der Waals surface area contributed by atoms with Crippen molar-refractivity contribution in [3.8, 4) is 0 Å². The largest absolute Gasteiger partial charge is 0.418 e. The summed E-state index contributed by atoms with van der Waals surface area (Å²) in [7, 11) is 1.52. The van der Waals surface area contributed by atoms with Gasteiger partial charge in [-0.1, -0.05) is 0 Å². The molecule has 0 fully saturated rings. The smallest absolute Gasteiger partial charge is 0.210 e. The molecule has 5 heteroatoms. The fraction of sp³-hybridized carbons (Fsp3) is 0.167. The van der Waals surface area contributed by atoms with Crippen molar-refractivity contribution in [2.75, 3.05) is 7.11 Å². The van der Waals surface area contributed by atoms with E-state index in [1.165, 1.54) is 11.8 Å². The summed E-state index contributed by atoms with van der Waals surface area (Å²) in [5.74, 6) is 0. The Labute approximate surface area is 80.2 Å². The second-order valence-corrected chi connectivity index (χ2v) is 3.53. The van der Waals surface area contributed by atoms with Crippen molar-refractivity contribution in [1.82, 2.24) is 4.73 Å². The SMILES string of the molecule is COn1cc(Br)c(=O)c(Br)c1. The molecule has 0 unspecified atom stereocenters. The number of halogens is 2. The van der Waals surface area contributed by atoms with E-state index in [0.717, 1.165) is 0 Å². The lowest BCUT2D eigenvalue weighted by Crippen LogP contribution is -2.12. The highest BCUT2D eigenvalue weighted by Gasteiger charge is 2.01. The van der Waals surface area contributed by atoms with Gasteiger partial charge in [0.25, 0.3) is 0 Å². The minimum absolute atomic E-state index is 0.0849. The van der Waals surface area contributed by atoms with Gasteiger partial charge in [-0.3, -0.25) is 4.79 Å². The zero-order valence-electron chi connectivity index (χ0n) is 5.67. The first-order valence-corrected chi connectivity index (χ1v) is 4.35. The molecule has 1 rings (SSSR count). The van der Waals surface area contributed by atoms with Crippen molar-refractivity contribution >= 4 is 31.9 Å². The summed E-state index contributed by atoms with van der Waals surface area (Å²) in [4.78, 5) is 15.9. The molecular weight excluding hydrogens is 278 g/mol. The molecule has 1 aromatic rings. The van der Waals surface area contributed by atoms with Gasteiger partial charge in [-0.05, 0) is 31.9 Å². The summed E-state index contributed by atoms with van der Waals surface area (Å²) in [5.41, 5.74) is -0.0849. The Bertz CT molecular complexity index is 295. The lowest BCUT2D eigenvalue weighted by Gasteiger charge is -2.03. The summed E-state index contributed by atoms with van der Waals surface area (Å²) in [6.07, 6.45) is 3.10. The van der Waals surface area contributed by atoms with Gasteiger partial charge in [0.05, 0.1) is 21.3 Å². The molecule has 0 amide bonds. The van der Waals surface area contributed by atoms with Crippen LogP contribution < -0.4 is 10.3 Å². The topological polar surface area (TPSA) is 31.2 Å². The maximum Gasteiger partial charge on any atom is 0.210 e. The highest BCUT2D eigenvalue weighted by Crippen LogP contribution is 2.08. The second kappa shape index (κ2) is 3.40. The standard InChI is InChI=1S/C6H5Br2NO2/c1-11-9-2-4(7)6(10)5(8)3-9/h2-3H,1H3. The zero-order chi connectivity index (χ0) is 8.43. The van der Waals surface area contributed by atoms with Gasteiger partial charge in [0.2, 0.25) is 5.43 Å². The van der Waals surface area contributed by atoms with Crippen LogP contribution in [0, 0.1) is 0 Å². The molecule has 1 heterocycles. The first kappa shape index (κ1) is 8.80. The van der Waals surface area contributed by atoms with Crippen LogP contribution >= 0.6 is 31.9 Å². The van der Waals surface area contributed by atoms with Crippen LogP contribution in [-0.4, -0.2) is 11.8 Å². The highest BCUT2D eigenvalue weighted by molar-refractivity contribution is 9.11. The van der Waals surface area contributed by atoms with E-state index in [4.69, 9.17) is 4.84 Å². The van der Waals surface area contributed by atoms with E-state index in [2.05, 4.69) is 31.9 Å². The molecule has 0 aliphatic carbocycles. The van der Waals surface area contributed by atoms with Gasteiger partial charge >= 0.3 is 0 Å². The summed E-state index contributed by atoms with van der Waals surface area (Å²) in [5, 5.41) is 0. The number of hydrogen-bond acceptors (Lipinski definition) is 2. The monoisotopic (exact) mass is 281 g/mol. The lowest BCUT2D eigenvalue weighted by atomic mass is 10.5. The van der Waals surface area contributed by atoms with Gasteiger partial charge in [0, 0.05) is 0 Å². The molecule has 60 valence electrons. The van der Waals surface area contributed by atoms with E-state index in [0.29, 0.717) is 8.95 Å². The molecule has 0 saturated heterocycles. The van der Waals surface area contributed by atoms with Crippen LogP contribution in [0.3, 0.4) is 0 Å².